The van der Waals surface area contributed by atoms with Gasteiger partial charge in [0, 0.05) is 30.6 Å². The first-order valence-corrected chi connectivity index (χ1v) is 12.7. The number of carbonyl (C=O) groups is 3. The van der Waals surface area contributed by atoms with E-state index in [4.69, 9.17) is 14.2 Å². The van der Waals surface area contributed by atoms with Crippen molar-refractivity contribution in [3.63, 3.8) is 0 Å². The number of nitrogens with zero attached hydrogens (tertiary/aromatic N) is 2. The Kier molecular flexibility index (Phi) is 8.79. The zero-order valence-corrected chi connectivity index (χ0v) is 21.3. The third-order valence-corrected chi connectivity index (χ3v) is 6.20. The van der Waals surface area contributed by atoms with E-state index in [1.165, 1.54) is 5.01 Å². The molecular formula is C28H33N3O6. The van der Waals surface area contributed by atoms with Crippen LogP contribution in [0.2, 0.25) is 0 Å². The van der Waals surface area contributed by atoms with Crippen LogP contribution in [0.4, 0.5) is 5.69 Å². The second-order valence-corrected chi connectivity index (χ2v) is 8.88. The molecule has 2 aromatic rings. The standard InChI is InChI=1S/C28H33N3O6/c1-3-15-36-24-12-11-21(19-23-27(33)29-31(28(23)34)22-8-5-4-6-9-22)26(20(24)2)37-16-7-10-25(32)30-13-17-35-18-14-30/h4-6,8-9,11-12,19H,3,7,10,13-18H2,1-2H3,(H,29,33). The molecule has 2 aromatic carbocycles. The van der Waals surface area contributed by atoms with Gasteiger partial charge in [-0.3, -0.25) is 19.8 Å². The van der Waals surface area contributed by atoms with Gasteiger partial charge in [-0.05, 0) is 50.1 Å². The highest BCUT2D eigenvalue weighted by Gasteiger charge is 2.34. The molecule has 0 spiro atoms. The van der Waals surface area contributed by atoms with Gasteiger partial charge in [-0.1, -0.05) is 25.1 Å². The van der Waals surface area contributed by atoms with Gasteiger partial charge in [0.15, 0.2) is 0 Å². The van der Waals surface area contributed by atoms with Crippen LogP contribution in [0.1, 0.15) is 37.3 Å². The monoisotopic (exact) mass is 507 g/mol. The molecule has 0 atom stereocenters. The number of hydrogen-bond donors (Lipinski definition) is 1. The summed E-state index contributed by atoms with van der Waals surface area (Å²) in [5, 5.41) is 1.23. The fourth-order valence-electron chi connectivity index (χ4n) is 4.21. The Balaban J connectivity index is 1.52. The van der Waals surface area contributed by atoms with Crippen molar-refractivity contribution in [2.45, 2.75) is 33.1 Å². The van der Waals surface area contributed by atoms with E-state index in [0.717, 1.165) is 12.0 Å². The predicted molar refractivity (Wildman–Crippen MR) is 139 cm³/mol. The molecular weight excluding hydrogens is 474 g/mol. The summed E-state index contributed by atoms with van der Waals surface area (Å²) in [6.07, 6.45) is 3.31. The summed E-state index contributed by atoms with van der Waals surface area (Å²) in [6, 6.07) is 12.5. The molecule has 2 heterocycles. The largest absolute Gasteiger partial charge is 0.493 e. The highest BCUT2D eigenvalue weighted by molar-refractivity contribution is 6.31. The van der Waals surface area contributed by atoms with Crippen molar-refractivity contribution in [2.75, 3.05) is 44.5 Å². The van der Waals surface area contributed by atoms with Crippen molar-refractivity contribution < 1.29 is 28.6 Å². The second kappa shape index (κ2) is 12.4. The van der Waals surface area contributed by atoms with Gasteiger partial charge in [-0.2, -0.15) is 0 Å². The number of morpholine rings is 1. The molecule has 2 aliphatic rings. The number of carbonyl (C=O) groups excluding carboxylic acids is 3. The first kappa shape index (κ1) is 26.2. The molecule has 9 nitrogen and oxygen atoms in total. The van der Waals surface area contributed by atoms with Crippen LogP contribution in [-0.4, -0.2) is 62.1 Å². The summed E-state index contributed by atoms with van der Waals surface area (Å²) >= 11 is 0. The molecule has 1 N–H and O–H groups in total. The van der Waals surface area contributed by atoms with Gasteiger partial charge in [0.1, 0.15) is 17.1 Å². The maximum Gasteiger partial charge on any atom is 0.282 e. The van der Waals surface area contributed by atoms with E-state index in [1.54, 1.807) is 36.4 Å². The van der Waals surface area contributed by atoms with Crippen molar-refractivity contribution in [3.05, 3.63) is 59.2 Å². The van der Waals surface area contributed by atoms with E-state index in [1.807, 2.05) is 30.9 Å². The Morgan fingerprint density at radius 1 is 1.05 bits per heavy atom. The minimum Gasteiger partial charge on any atom is -0.493 e. The minimum absolute atomic E-state index is 0.0119. The van der Waals surface area contributed by atoms with Crippen molar-refractivity contribution in [3.8, 4) is 11.5 Å². The number of anilines is 1. The molecule has 37 heavy (non-hydrogen) atoms. The van der Waals surface area contributed by atoms with Crippen LogP contribution in [0.25, 0.3) is 6.08 Å². The van der Waals surface area contributed by atoms with Gasteiger partial charge < -0.3 is 19.1 Å². The number of hydrazine groups is 1. The van der Waals surface area contributed by atoms with Crippen molar-refractivity contribution in [1.29, 1.82) is 0 Å². The third-order valence-electron chi connectivity index (χ3n) is 6.20. The van der Waals surface area contributed by atoms with Gasteiger partial charge in [0.25, 0.3) is 11.8 Å². The van der Waals surface area contributed by atoms with E-state index >= 15 is 0 Å². The highest BCUT2D eigenvalue weighted by atomic mass is 16.5. The molecule has 9 heteroatoms. The molecule has 4 rings (SSSR count). The first-order chi connectivity index (χ1) is 18.0. The summed E-state index contributed by atoms with van der Waals surface area (Å²) < 4.78 is 17.3. The summed E-state index contributed by atoms with van der Waals surface area (Å²) in [6.45, 7) is 7.14. The van der Waals surface area contributed by atoms with Gasteiger partial charge in [0.2, 0.25) is 5.91 Å². The van der Waals surface area contributed by atoms with Crippen LogP contribution in [-0.2, 0) is 19.1 Å². The topological polar surface area (TPSA) is 97.4 Å². The molecule has 2 saturated heterocycles. The number of ether oxygens (including phenoxy) is 3. The summed E-state index contributed by atoms with van der Waals surface area (Å²) in [4.78, 5) is 40.0. The lowest BCUT2D eigenvalue weighted by atomic mass is 10.0. The van der Waals surface area contributed by atoms with Crippen LogP contribution >= 0.6 is 0 Å². The van der Waals surface area contributed by atoms with Gasteiger partial charge in [0.05, 0.1) is 32.1 Å². The summed E-state index contributed by atoms with van der Waals surface area (Å²) in [5.74, 6) is 0.359. The Hall–Kier alpha value is -3.85. The fraction of sp³-hybridized carbons (Fsp3) is 0.393. The van der Waals surface area contributed by atoms with Crippen molar-refractivity contribution >= 4 is 29.5 Å². The average Bonchev–Trinajstić information content (AvgIpc) is 3.21. The molecule has 3 amide bonds. The second-order valence-electron chi connectivity index (χ2n) is 8.88. The number of para-hydroxylation sites is 1. The summed E-state index contributed by atoms with van der Waals surface area (Å²) in [7, 11) is 0. The van der Waals surface area contributed by atoms with Crippen LogP contribution in [0, 0.1) is 6.92 Å². The van der Waals surface area contributed by atoms with Crippen molar-refractivity contribution in [1.82, 2.24) is 10.3 Å². The number of rotatable bonds is 10. The minimum atomic E-state index is -0.486. The Labute approximate surface area is 216 Å². The third kappa shape index (κ3) is 6.29. The van der Waals surface area contributed by atoms with E-state index < -0.39 is 11.8 Å². The Morgan fingerprint density at radius 2 is 1.81 bits per heavy atom. The summed E-state index contributed by atoms with van der Waals surface area (Å²) in [5.41, 5.74) is 4.57. The van der Waals surface area contributed by atoms with Gasteiger partial charge in [-0.25, -0.2) is 5.01 Å². The number of amides is 3. The number of hydrogen-bond acceptors (Lipinski definition) is 6. The van der Waals surface area contributed by atoms with Crippen LogP contribution < -0.4 is 19.9 Å². The average molecular weight is 508 g/mol. The molecule has 0 bridgehead atoms. The van der Waals surface area contributed by atoms with Crippen LogP contribution in [0.15, 0.2) is 48.0 Å². The molecule has 0 unspecified atom stereocenters. The fourth-order valence-corrected chi connectivity index (χ4v) is 4.21. The molecule has 2 aliphatic heterocycles. The molecule has 196 valence electrons. The highest BCUT2D eigenvalue weighted by Crippen LogP contribution is 2.34. The molecule has 0 aromatic heterocycles. The maximum atomic E-state index is 13.1. The molecule has 0 radical (unpaired) electrons. The number of benzene rings is 2. The Morgan fingerprint density at radius 3 is 2.54 bits per heavy atom. The lowest BCUT2D eigenvalue weighted by Gasteiger charge is -2.26. The van der Waals surface area contributed by atoms with E-state index in [9.17, 15) is 14.4 Å². The SMILES string of the molecule is CCCOc1ccc(C=C2C(=O)NN(c3ccccc3)C2=O)c(OCCCC(=O)N2CCOCC2)c1C. The van der Waals surface area contributed by atoms with E-state index in [-0.39, 0.29) is 11.5 Å². The van der Waals surface area contributed by atoms with Gasteiger partial charge in [-0.15, -0.1) is 0 Å². The zero-order valence-electron chi connectivity index (χ0n) is 21.3. The number of nitrogens with one attached hydrogen (secondary N) is 1. The molecule has 0 saturated carbocycles. The molecule has 2 fully saturated rings. The maximum absolute atomic E-state index is 13.1. The smallest absolute Gasteiger partial charge is 0.282 e. The normalized spacial score (nSPS) is 16.8. The molecule has 0 aliphatic carbocycles. The predicted octanol–water partition coefficient (Wildman–Crippen LogP) is 3.26. The first-order valence-electron chi connectivity index (χ1n) is 12.7. The quantitative estimate of drug-likeness (QED) is 0.301. The van der Waals surface area contributed by atoms with E-state index in [0.29, 0.717) is 75.1 Å². The van der Waals surface area contributed by atoms with Crippen LogP contribution in [0.5, 0.6) is 11.5 Å². The zero-order chi connectivity index (χ0) is 26.2. The van der Waals surface area contributed by atoms with E-state index in [2.05, 4.69) is 5.43 Å². The van der Waals surface area contributed by atoms with Crippen molar-refractivity contribution in [2.24, 2.45) is 0 Å². The lowest BCUT2D eigenvalue weighted by molar-refractivity contribution is -0.135. The Bertz CT molecular complexity index is 1160. The van der Waals surface area contributed by atoms with Crippen LogP contribution in [0.3, 0.4) is 0 Å². The van der Waals surface area contributed by atoms with Gasteiger partial charge >= 0.3 is 0 Å². The lowest BCUT2D eigenvalue weighted by Crippen LogP contribution is -2.40.